The van der Waals surface area contributed by atoms with Gasteiger partial charge in [0.1, 0.15) is 12.2 Å². The van der Waals surface area contributed by atoms with Crippen LogP contribution in [0.5, 0.6) is 0 Å². The van der Waals surface area contributed by atoms with Gasteiger partial charge in [0.15, 0.2) is 0 Å². The van der Waals surface area contributed by atoms with Crippen molar-refractivity contribution in [3.8, 4) is 12.3 Å². The SMILES string of the molecule is C#CCn1ncc(Cl)c(NCCCn2cccn2)c1=O. The van der Waals surface area contributed by atoms with E-state index in [1.807, 2.05) is 16.9 Å². The lowest BCUT2D eigenvalue weighted by Crippen LogP contribution is -2.26. The van der Waals surface area contributed by atoms with Crippen molar-refractivity contribution in [2.75, 3.05) is 11.9 Å². The molecule has 0 atom stereocenters. The molecule has 0 aliphatic heterocycles. The Hall–Kier alpha value is -2.26. The summed E-state index contributed by atoms with van der Waals surface area (Å²) in [5.41, 5.74) is 0.0203. The summed E-state index contributed by atoms with van der Waals surface area (Å²) in [5.74, 6) is 2.38. The van der Waals surface area contributed by atoms with Gasteiger partial charge in [-0.3, -0.25) is 9.48 Å². The average Bonchev–Trinajstić information content (AvgIpc) is 2.94. The average molecular weight is 292 g/mol. The van der Waals surface area contributed by atoms with Gasteiger partial charge in [0.2, 0.25) is 0 Å². The van der Waals surface area contributed by atoms with Gasteiger partial charge in [-0.2, -0.15) is 10.2 Å². The number of aryl methyl sites for hydroxylation is 1. The molecular weight excluding hydrogens is 278 g/mol. The van der Waals surface area contributed by atoms with Crippen LogP contribution in [0.4, 0.5) is 5.69 Å². The molecule has 2 aromatic heterocycles. The first kappa shape index (κ1) is 14.2. The topological polar surface area (TPSA) is 64.7 Å². The first-order valence-corrected chi connectivity index (χ1v) is 6.50. The highest BCUT2D eigenvalue weighted by atomic mass is 35.5. The molecular formula is C13H14ClN5O. The Morgan fingerprint density at radius 2 is 2.30 bits per heavy atom. The number of terminal acetylenes is 1. The smallest absolute Gasteiger partial charge is 0.292 e. The Bertz CT molecular complexity index is 656. The minimum atomic E-state index is -0.311. The maximum atomic E-state index is 12.0. The third-order valence-corrected chi connectivity index (χ3v) is 2.95. The molecule has 0 saturated heterocycles. The van der Waals surface area contributed by atoms with E-state index < -0.39 is 0 Å². The molecule has 0 unspecified atom stereocenters. The van der Waals surface area contributed by atoms with Gasteiger partial charge in [0.05, 0.1) is 11.2 Å². The monoisotopic (exact) mass is 291 g/mol. The van der Waals surface area contributed by atoms with Gasteiger partial charge in [-0.15, -0.1) is 6.42 Å². The summed E-state index contributed by atoms with van der Waals surface area (Å²) in [6.45, 7) is 1.49. The molecule has 1 N–H and O–H groups in total. The summed E-state index contributed by atoms with van der Waals surface area (Å²) in [6.07, 6.45) is 11.0. The fraction of sp³-hybridized carbons (Fsp3) is 0.308. The Morgan fingerprint density at radius 1 is 1.45 bits per heavy atom. The van der Waals surface area contributed by atoms with Crippen molar-refractivity contribution < 1.29 is 0 Å². The second kappa shape index (κ2) is 6.78. The Balaban J connectivity index is 1.97. The van der Waals surface area contributed by atoms with Crippen molar-refractivity contribution in [1.29, 1.82) is 0 Å². The highest BCUT2D eigenvalue weighted by Gasteiger charge is 2.08. The van der Waals surface area contributed by atoms with Gasteiger partial charge in [0.25, 0.3) is 5.56 Å². The van der Waals surface area contributed by atoms with Gasteiger partial charge >= 0.3 is 0 Å². The molecule has 0 amide bonds. The summed E-state index contributed by atoms with van der Waals surface area (Å²) in [4.78, 5) is 12.0. The van der Waals surface area contributed by atoms with Crippen molar-refractivity contribution in [3.05, 3.63) is 40.0 Å². The zero-order valence-corrected chi connectivity index (χ0v) is 11.5. The summed E-state index contributed by atoms with van der Waals surface area (Å²) in [5, 5.41) is 11.3. The Labute approximate surface area is 121 Å². The molecule has 0 aliphatic carbocycles. The number of nitrogens with zero attached hydrogens (tertiary/aromatic N) is 4. The number of halogens is 1. The van der Waals surface area contributed by atoms with Crippen molar-refractivity contribution >= 4 is 17.3 Å². The lowest BCUT2D eigenvalue weighted by atomic mass is 10.4. The Kier molecular flexibility index (Phi) is 4.80. The van der Waals surface area contributed by atoms with Crippen LogP contribution in [0.1, 0.15) is 6.42 Å². The van der Waals surface area contributed by atoms with Crippen molar-refractivity contribution in [3.63, 3.8) is 0 Å². The first-order valence-electron chi connectivity index (χ1n) is 6.12. The van der Waals surface area contributed by atoms with Crippen LogP contribution in [-0.2, 0) is 13.1 Å². The molecule has 2 aromatic rings. The van der Waals surface area contributed by atoms with E-state index in [0.29, 0.717) is 17.3 Å². The third-order valence-electron chi connectivity index (χ3n) is 2.66. The van der Waals surface area contributed by atoms with E-state index in [-0.39, 0.29) is 12.1 Å². The first-order chi connectivity index (χ1) is 9.72. The van der Waals surface area contributed by atoms with Crippen LogP contribution >= 0.6 is 11.6 Å². The molecule has 0 fully saturated rings. The maximum absolute atomic E-state index is 12.0. The quantitative estimate of drug-likeness (QED) is 0.642. The molecule has 0 spiro atoms. The van der Waals surface area contributed by atoms with Gasteiger partial charge < -0.3 is 5.32 Å². The normalized spacial score (nSPS) is 10.2. The molecule has 7 heteroatoms. The van der Waals surface area contributed by atoms with Gasteiger partial charge in [0, 0.05) is 25.5 Å². The molecule has 0 bridgehead atoms. The standard InChI is InChI=1S/C13H14ClN5O/c1-2-7-19-13(20)12(11(14)10-17-19)15-5-3-8-18-9-4-6-16-18/h1,4,6,9-10,15H,3,5,7-8H2. The number of hydrogen-bond donors (Lipinski definition) is 1. The predicted molar refractivity (Wildman–Crippen MR) is 77.7 cm³/mol. The van der Waals surface area contributed by atoms with Crippen LogP contribution in [-0.4, -0.2) is 26.1 Å². The fourth-order valence-corrected chi connectivity index (χ4v) is 1.91. The summed E-state index contributed by atoms with van der Waals surface area (Å²) in [6, 6.07) is 1.87. The minimum absolute atomic E-state index is 0.123. The summed E-state index contributed by atoms with van der Waals surface area (Å²) < 4.78 is 3.02. The number of anilines is 1. The van der Waals surface area contributed by atoms with Crippen LogP contribution in [0.3, 0.4) is 0 Å². The van der Waals surface area contributed by atoms with Crippen LogP contribution in [0.15, 0.2) is 29.5 Å². The maximum Gasteiger partial charge on any atom is 0.292 e. The van der Waals surface area contributed by atoms with Crippen LogP contribution in [0.25, 0.3) is 0 Å². The van der Waals surface area contributed by atoms with Crippen molar-refractivity contribution in [2.24, 2.45) is 0 Å². The lowest BCUT2D eigenvalue weighted by Gasteiger charge is -2.09. The Morgan fingerprint density at radius 3 is 3.00 bits per heavy atom. The van der Waals surface area contributed by atoms with E-state index in [9.17, 15) is 4.79 Å². The lowest BCUT2D eigenvalue weighted by molar-refractivity contribution is 0.591. The van der Waals surface area contributed by atoms with E-state index in [0.717, 1.165) is 13.0 Å². The van der Waals surface area contributed by atoms with E-state index in [2.05, 4.69) is 21.4 Å². The number of nitrogens with one attached hydrogen (secondary N) is 1. The number of hydrogen-bond acceptors (Lipinski definition) is 4. The number of aromatic nitrogens is 4. The molecule has 0 aromatic carbocycles. The second-order valence-electron chi connectivity index (χ2n) is 4.08. The summed E-state index contributed by atoms with van der Waals surface area (Å²) >= 11 is 5.97. The zero-order valence-electron chi connectivity index (χ0n) is 10.8. The third kappa shape index (κ3) is 3.39. The molecule has 0 radical (unpaired) electrons. The van der Waals surface area contributed by atoms with E-state index in [1.54, 1.807) is 6.20 Å². The largest absolute Gasteiger partial charge is 0.379 e. The van der Waals surface area contributed by atoms with Crippen LogP contribution in [0, 0.1) is 12.3 Å². The minimum Gasteiger partial charge on any atom is -0.379 e. The van der Waals surface area contributed by atoms with E-state index in [4.69, 9.17) is 18.0 Å². The van der Waals surface area contributed by atoms with Crippen molar-refractivity contribution in [1.82, 2.24) is 19.6 Å². The predicted octanol–water partition coefficient (Wildman–Crippen LogP) is 1.23. The highest BCUT2D eigenvalue weighted by molar-refractivity contribution is 6.32. The van der Waals surface area contributed by atoms with Gasteiger partial charge in [-0.1, -0.05) is 17.5 Å². The fourth-order valence-electron chi connectivity index (χ4n) is 1.71. The molecule has 20 heavy (non-hydrogen) atoms. The van der Waals surface area contributed by atoms with E-state index >= 15 is 0 Å². The highest BCUT2D eigenvalue weighted by Crippen LogP contribution is 2.14. The second-order valence-corrected chi connectivity index (χ2v) is 4.49. The molecule has 0 saturated carbocycles. The number of rotatable bonds is 6. The molecule has 104 valence electrons. The zero-order chi connectivity index (χ0) is 14.4. The summed E-state index contributed by atoms with van der Waals surface area (Å²) in [7, 11) is 0. The van der Waals surface area contributed by atoms with Crippen LogP contribution < -0.4 is 10.9 Å². The van der Waals surface area contributed by atoms with Crippen LogP contribution in [0.2, 0.25) is 5.02 Å². The van der Waals surface area contributed by atoms with Gasteiger partial charge in [-0.05, 0) is 12.5 Å². The molecule has 6 nitrogen and oxygen atoms in total. The van der Waals surface area contributed by atoms with E-state index in [1.165, 1.54) is 10.9 Å². The molecule has 2 heterocycles. The molecule has 0 aliphatic rings. The van der Waals surface area contributed by atoms with Crippen molar-refractivity contribution in [2.45, 2.75) is 19.5 Å². The molecule has 2 rings (SSSR count). The van der Waals surface area contributed by atoms with Gasteiger partial charge in [-0.25, -0.2) is 4.68 Å².